The summed E-state index contributed by atoms with van der Waals surface area (Å²) in [5.74, 6) is 0.745. The van der Waals surface area contributed by atoms with Crippen LogP contribution in [-0.4, -0.2) is 18.4 Å². The van der Waals surface area contributed by atoms with Gasteiger partial charge >= 0.3 is 0 Å². The maximum absolute atomic E-state index is 13.9. The number of carbonyl (C=O) groups excluding carboxylic acids is 2. The van der Waals surface area contributed by atoms with E-state index in [9.17, 15) is 9.59 Å². The number of fused-ring (bicyclic) bond motifs is 1. The van der Waals surface area contributed by atoms with Crippen LogP contribution in [0.2, 0.25) is 10.0 Å². The Hall–Kier alpha value is -4.36. The molecule has 5 aromatic carbocycles. The van der Waals surface area contributed by atoms with Crippen LogP contribution in [0.1, 0.15) is 29.5 Å². The summed E-state index contributed by atoms with van der Waals surface area (Å²) in [5.41, 5.74) is 9.27. The molecule has 0 aromatic heterocycles. The van der Waals surface area contributed by atoms with Gasteiger partial charge in [0.25, 0.3) is 0 Å². The molecule has 6 nitrogen and oxygen atoms in total. The first-order chi connectivity index (χ1) is 21.4. The van der Waals surface area contributed by atoms with E-state index in [-0.39, 0.29) is 24.7 Å². The molecule has 0 fully saturated rings. The maximum atomic E-state index is 13.9. The third kappa shape index (κ3) is 7.97. The number of anilines is 1. The van der Waals surface area contributed by atoms with E-state index in [0.29, 0.717) is 53.3 Å². The minimum Gasteiger partial charge on any atom is -0.455 e. The van der Waals surface area contributed by atoms with Crippen molar-refractivity contribution in [2.24, 2.45) is 5.73 Å². The summed E-state index contributed by atoms with van der Waals surface area (Å²) >= 11 is 12.2. The summed E-state index contributed by atoms with van der Waals surface area (Å²) in [6.45, 7) is 1.09. The average molecular weight is 627 g/mol. The van der Waals surface area contributed by atoms with Gasteiger partial charge in [0.2, 0.25) is 11.8 Å². The fraction of sp³-hybridized carbons (Fsp3) is 0.167. The average Bonchev–Trinajstić information content (AvgIpc) is 3.04. The number of rotatable bonds is 12. The zero-order valence-electron chi connectivity index (χ0n) is 24.1. The number of nitrogens with two attached hydrogens (primary N) is 1. The molecule has 5 aromatic rings. The van der Waals surface area contributed by atoms with Crippen molar-refractivity contribution in [2.75, 3.05) is 11.4 Å². The van der Waals surface area contributed by atoms with E-state index < -0.39 is 0 Å². The van der Waals surface area contributed by atoms with Crippen LogP contribution in [0.3, 0.4) is 0 Å². The second-order valence-electron chi connectivity index (χ2n) is 10.4. The molecule has 0 saturated carbocycles. The maximum Gasteiger partial charge on any atom is 0.227 e. The Morgan fingerprint density at radius 1 is 0.795 bits per heavy atom. The van der Waals surface area contributed by atoms with E-state index >= 15 is 0 Å². The molecule has 0 aliphatic carbocycles. The van der Waals surface area contributed by atoms with Crippen molar-refractivity contribution in [3.8, 4) is 11.5 Å². The summed E-state index contributed by atoms with van der Waals surface area (Å²) in [4.78, 5) is 28.4. The largest absolute Gasteiger partial charge is 0.455 e. The number of benzene rings is 5. The predicted octanol–water partition coefficient (Wildman–Crippen LogP) is 8.07. The number of para-hydroxylation sites is 2. The number of carbonyl (C=O) groups is 2. The number of hydrogen-bond acceptors (Lipinski definition) is 4. The van der Waals surface area contributed by atoms with Crippen LogP contribution in [0.5, 0.6) is 11.5 Å². The normalized spacial score (nSPS) is 10.9. The number of halogens is 2. The fourth-order valence-electron chi connectivity index (χ4n) is 5.04. The number of hydrogen-bond donors (Lipinski definition) is 2. The molecule has 0 saturated heterocycles. The molecule has 0 aliphatic rings. The lowest BCUT2D eigenvalue weighted by molar-refractivity contribution is -0.125. The second-order valence-corrected chi connectivity index (χ2v) is 11.2. The van der Waals surface area contributed by atoms with Gasteiger partial charge in [0, 0.05) is 36.0 Å². The second kappa shape index (κ2) is 14.9. The molecule has 0 aliphatic heterocycles. The van der Waals surface area contributed by atoms with E-state index in [1.165, 1.54) is 0 Å². The molecule has 0 heterocycles. The Bertz CT molecular complexity index is 1770. The Balaban J connectivity index is 1.35. The quantitative estimate of drug-likeness (QED) is 0.147. The van der Waals surface area contributed by atoms with Gasteiger partial charge in [0.1, 0.15) is 5.75 Å². The highest BCUT2D eigenvalue weighted by molar-refractivity contribution is 6.35. The highest BCUT2D eigenvalue weighted by atomic mass is 35.5. The van der Waals surface area contributed by atoms with Crippen molar-refractivity contribution < 1.29 is 14.3 Å². The van der Waals surface area contributed by atoms with Crippen LogP contribution in [0.15, 0.2) is 109 Å². The van der Waals surface area contributed by atoms with Crippen LogP contribution in [0, 0.1) is 0 Å². The summed E-state index contributed by atoms with van der Waals surface area (Å²) < 4.78 is 6.30. The molecule has 8 heteroatoms. The molecule has 44 heavy (non-hydrogen) atoms. The topological polar surface area (TPSA) is 84.7 Å². The zero-order valence-corrected chi connectivity index (χ0v) is 25.7. The van der Waals surface area contributed by atoms with Gasteiger partial charge in [-0.1, -0.05) is 96.0 Å². The third-order valence-electron chi connectivity index (χ3n) is 7.33. The molecule has 0 bridgehead atoms. The first-order valence-corrected chi connectivity index (χ1v) is 15.2. The van der Waals surface area contributed by atoms with Crippen LogP contribution >= 0.6 is 23.2 Å². The number of ether oxygens (including phenoxy) is 1. The standard InChI is InChI=1S/C36H33Cl2N3O3/c37-29-16-15-27(32(38)22-29)19-20-40-35(42)17-18-36(43)41(24-28-10-6-9-26-8-1-2-12-31(26)28)33-13-3-4-14-34(33)44-30-11-5-7-25(21-30)23-39/h1-16,21-22H,17-20,23-24,39H2,(H,40,42). The molecule has 0 atom stereocenters. The van der Waals surface area contributed by atoms with E-state index in [2.05, 4.69) is 11.4 Å². The van der Waals surface area contributed by atoms with Crippen LogP contribution in [-0.2, 0) is 29.1 Å². The molecule has 0 unspecified atom stereocenters. The van der Waals surface area contributed by atoms with Gasteiger partial charge < -0.3 is 20.7 Å². The van der Waals surface area contributed by atoms with E-state index in [4.69, 9.17) is 33.7 Å². The lowest BCUT2D eigenvalue weighted by Crippen LogP contribution is -2.33. The van der Waals surface area contributed by atoms with Crippen molar-refractivity contribution in [2.45, 2.75) is 32.4 Å². The lowest BCUT2D eigenvalue weighted by atomic mass is 10.0. The Morgan fingerprint density at radius 2 is 1.57 bits per heavy atom. The minimum absolute atomic E-state index is 0.0231. The number of nitrogens with one attached hydrogen (secondary N) is 1. The van der Waals surface area contributed by atoms with Crippen molar-refractivity contribution in [1.82, 2.24) is 5.32 Å². The Morgan fingerprint density at radius 3 is 2.41 bits per heavy atom. The summed E-state index contributed by atoms with van der Waals surface area (Å²) in [7, 11) is 0. The van der Waals surface area contributed by atoms with Gasteiger partial charge in [-0.25, -0.2) is 0 Å². The van der Waals surface area contributed by atoms with E-state index in [1.807, 2.05) is 91.0 Å². The fourth-order valence-corrected chi connectivity index (χ4v) is 5.55. The lowest BCUT2D eigenvalue weighted by Gasteiger charge is -2.26. The van der Waals surface area contributed by atoms with Gasteiger partial charge in [-0.2, -0.15) is 0 Å². The summed E-state index contributed by atoms with van der Waals surface area (Å²) in [5, 5.41) is 6.16. The monoisotopic (exact) mass is 625 g/mol. The molecule has 224 valence electrons. The van der Waals surface area contributed by atoms with Gasteiger partial charge in [0.15, 0.2) is 5.75 Å². The first-order valence-electron chi connectivity index (χ1n) is 14.4. The van der Waals surface area contributed by atoms with Crippen molar-refractivity contribution in [3.05, 3.63) is 136 Å². The molecule has 3 N–H and O–H groups in total. The van der Waals surface area contributed by atoms with Gasteiger partial charge in [-0.15, -0.1) is 0 Å². The number of amides is 2. The Kier molecular flexibility index (Phi) is 10.5. The molecule has 0 spiro atoms. The molecule has 2 amide bonds. The highest BCUT2D eigenvalue weighted by Gasteiger charge is 2.22. The van der Waals surface area contributed by atoms with Crippen LogP contribution < -0.4 is 20.7 Å². The van der Waals surface area contributed by atoms with E-state index in [0.717, 1.165) is 27.5 Å². The SMILES string of the molecule is NCc1cccc(Oc2ccccc2N(Cc2cccc3ccccc23)C(=O)CCC(=O)NCCc2ccc(Cl)cc2Cl)c1. The van der Waals surface area contributed by atoms with Crippen molar-refractivity contribution in [3.63, 3.8) is 0 Å². The van der Waals surface area contributed by atoms with Gasteiger partial charge in [-0.05, 0) is 70.3 Å². The van der Waals surface area contributed by atoms with Crippen molar-refractivity contribution in [1.29, 1.82) is 0 Å². The van der Waals surface area contributed by atoms with Gasteiger partial charge in [-0.3, -0.25) is 9.59 Å². The molecular weight excluding hydrogens is 593 g/mol. The smallest absolute Gasteiger partial charge is 0.227 e. The van der Waals surface area contributed by atoms with E-state index in [1.54, 1.807) is 17.0 Å². The molecule has 5 rings (SSSR count). The van der Waals surface area contributed by atoms with Crippen LogP contribution in [0.25, 0.3) is 10.8 Å². The zero-order chi connectivity index (χ0) is 30.9. The van der Waals surface area contributed by atoms with Gasteiger partial charge in [0.05, 0.1) is 12.2 Å². The number of nitrogens with zero attached hydrogens (tertiary/aromatic N) is 1. The van der Waals surface area contributed by atoms with Crippen molar-refractivity contribution >= 4 is 51.5 Å². The molecule has 0 radical (unpaired) electrons. The van der Waals surface area contributed by atoms with Crippen LogP contribution in [0.4, 0.5) is 5.69 Å². The minimum atomic E-state index is -0.211. The first kappa shape index (κ1) is 31.1. The predicted molar refractivity (Wildman–Crippen MR) is 178 cm³/mol. The summed E-state index contributed by atoms with van der Waals surface area (Å²) in [6, 6.07) is 34.4. The Labute approximate surface area is 267 Å². The highest BCUT2D eigenvalue weighted by Crippen LogP contribution is 2.35. The molecular formula is C36H33Cl2N3O3. The summed E-state index contributed by atoms with van der Waals surface area (Å²) in [6.07, 6.45) is 0.620. The third-order valence-corrected chi connectivity index (χ3v) is 7.91.